The zero-order valence-electron chi connectivity index (χ0n) is 23.0. The fourth-order valence-corrected chi connectivity index (χ4v) is 5.52. The van der Waals surface area contributed by atoms with Gasteiger partial charge in [-0.05, 0) is 60.9 Å². The topological polar surface area (TPSA) is 96.0 Å². The molecule has 3 aromatic carbocycles. The molecule has 0 aliphatic carbocycles. The van der Waals surface area contributed by atoms with Crippen molar-refractivity contribution in [2.75, 3.05) is 30.8 Å². The molecule has 8 nitrogen and oxygen atoms in total. The molecule has 0 heterocycles. The monoisotopic (exact) mass is 585 g/mol. The summed E-state index contributed by atoms with van der Waals surface area (Å²) in [5.74, 6) is 0.148. The number of benzene rings is 3. The van der Waals surface area contributed by atoms with Gasteiger partial charge in [0.25, 0.3) is 0 Å². The summed E-state index contributed by atoms with van der Waals surface area (Å²) in [4.78, 5) is 28.7. The van der Waals surface area contributed by atoms with Gasteiger partial charge < -0.3 is 15.0 Å². The van der Waals surface area contributed by atoms with E-state index < -0.39 is 16.1 Å². The van der Waals surface area contributed by atoms with E-state index >= 15 is 0 Å². The average molecular weight is 586 g/mol. The van der Waals surface area contributed by atoms with Crippen molar-refractivity contribution in [1.29, 1.82) is 0 Å². The zero-order chi connectivity index (χ0) is 29.1. The molecule has 1 N–H and O–H groups in total. The van der Waals surface area contributed by atoms with Gasteiger partial charge in [-0.3, -0.25) is 13.9 Å². The number of sulfonamides is 1. The standard InChI is InChI=1S/C30H36ClN3O5S/c1-4-32-30(36)28(21-23-10-6-5-7-11-23)33(22-24-12-8-13-27(20-24)39-2)29(35)14-9-19-34(40(3,37)38)26-17-15-25(31)16-18-26/h5-8,10-13,15-18,20,28H,4,9,14,19,21-22H2,1-3H3,(H,32,36)/t28-/m1/s1. The van der Waals surface area contributed by atoms with Gasteiger partial charge in [0.15, 0.2) is 0 Å². The first-order valence-corrected chi connectivity index (χ1v) is 15.3. The Morgan fingerprint density at radius 2 is 1.65 bits per heavy atom. The van der Waals surface area contributed by atoms with Crippen molar-refractivity contribution in [3.63, 3.8) is 0 Å². The van der Waals surface area contributed by atoms with Crippen molar-refractivity contribution >= 4 is 39.1 Å². The molecule has 0 aliphatic heterocycles. The van der Waals surface area contributed by atoms with E-state index in [1.165, 1.54) is 4.31 Å². The molecule has 1 atom stereocenters. The molecule has 0 aromatic heterocycles. The van der Waals surface area contributed by atoms with Crippen LogP contribution in [-0.2, 0) is 32.6 Å². The summed E-state index contributed by atoms with van der Waals surface area (Å²) in [6.45, 7) is 2.55. The van der Waals surface area contributed by atoms with E-state index in [1.807, 2.05) is 61.5 Å². The maximum atomic E-state index is 13.8. The molecule has 0 spiro atoms. The normalized spacial score (nSPS) is 11.9. The third-order valence-corrected chi connectivity index (χ3v) is 7.82. The van der Waals surface area contributed by atoms with E-state index in [-0.39, 0.29) is 37.7 Å². The van der Waals surface area contributed by atoms with Gasteiger partial charge in [-0.25, -0.2) is 8.42 Å². The molecule has 10 heteroatoms. The largest absolute Gasteiger partial charge is 0.497 e. The molecular formula is C30H36ClN3O5S. The number of amides is 2. The van der Waals surface area contributed by atoms with Crippen molar-refractivity contribution < 1.29 is 22.7 Å². The van der Waals surface area contributed by atoms with Crippen LogP contribution in [0.5, 0.6) is 5.75 Å². The molecule has 0 saturated carbocycles. The molecule has 0 unspecified atom stereocenters. The average Bonchev–Trinajstić information content (AvgIpc) is 2.93. The number of hydrogen-bond acceptors (Lipinski definition) is 5. The van der Waals surface area contributed by atoms with Crippen LogP contribution in [0.25, 0.3) is 0 Å². The second-order valence-corrected chi connectivity index (χ2v) is 11.7. The van der Waals surface area contributed by atoms with Crippen molar-refractivity contribution in [3.05, 3.63) is 95.0 Å². The van der Waals surface area contributed by atoms with Crippen molar-refractivity contribution in [2.24, 2.45) is 0 Å². The summed E-state index contributed by atoms with van der Waals surface area (Å²) < 4.78 is 31.7. The lowest BCUT2D eigenvalue weighted by Gasteiger charge is -2.32. The van der Waals surface area contributed by atoms with Gasteiger partial charge in [-0.2, -0.15) is 0 Å². The van der Waals surface area contributed by atoms with E-state index in [9.17, 15) is 18.0 Å². The number of likely N-dealkylation sites (N-methyl/N-ethyl adjacent to an activating group) is 1. The Morgan fingerprint density at radius 1 is 0.975 bits per heavy atom. The minimum Gasteiger partial charge on any atom is -0.497 e. The highest BCUT2D eigenvalue weighted by molar-refractivity contribution is 7.92. The molecular weight excluding hydrogens is 550 g/mol. The highest BCUT2D eigenvalue weighted by Gasteiger charge is 2.30. The number of carbonyl (C=O) groups excluding carboxylic acids is 2. The Kier molecular flexibility index (Phi) is 11.4. The molecule has 0 saturated heterocycles. The van der Waals surface area contributed by atoms with E-state index in [2.05, 4.69) is 5.32 Å². The summed E-state index contributed by atoms with van der Waals surface area (Å²) in [7, 11) is -2.02. The minimum atomic E-state index is -3.60. The molecule has 3 rings (SSSR count). The van der Waals surface area contributed by atoms with Crippen LogP contribution in [0.15, 0.2) is 78.9 Å². The van der Waals surface area contributed by atoms with Crippen molar-refractivity contribution in [2.45, 2.75) is 38.8 Å². The van der Waals surface area contributed by atoms with Gasteiger partial charge in [0, 0.05) is 37.5 Å². The predicted molar refractivity (Wildman–Crippen MR) is 159 cm³/mol. The number of hydrogen-bond donors (Lipinski definition) is 1. The first-order valence-electron chi connectivity index (χ1n) is 13.1. The van der Waals surface area contributed by atoms with Gasteiger partial charge >= 0.3 is 0 Å². The highest BCUT2D eigenvalue weighted by atomic mass is 35.5. The Morgan fingerprint density at radius 3 is 2.27 bits per heavy atom. The summed E-state index contributed by atoms with van der Waals surface area (Å²) in [6, 6.07) is 22.7. The number of nitrogens with zero attached hydrogens (tertiary/aromatic N) is 2. The number of ether oxygens (including phenoxy) is 1. The fourth-order valence-electron chi connectivity index (χ4n) is 4.42. The maximum absolute atomic E-state index is 13.8. The number of halogens is 1. The number of methoxy groups -OCH3 is 1. The zero-order valence-corrected chi connectivity index (χ0v) is 24.6. The molecule has 214 valence electrons. The number of rotatable bonds is 14. The van der Waals surface area contributed by atoms with Gasteiger partial charge in [0.1, 0.15) is 11.8 Å². The first-order chi connectivity index (χ1) is 19.1. The summed E-state index contributed by atoms with van der Waals surface area (Å²) >= 11 is 5.97. The second-order valence-electron chi connectivity index (χ2n) is 9.39. The van der Waals surface area contributed by atoms with Crippen LogP contribution in [0.4, 0.5) is 5.69 Å². The van der Waals surface area contributed by atoms with Crippen LogP contribution in [0, 0.1) is 0 Å². The van der Waals surface area contributed by atoms with Crippen molar-refractivity contribution in [1.82, 2.24) is 10.2 Å². The quantitative estimate of drug-likeness (QED) is 0.297. The van der Waals surface area contributed by atoms with E-state index in [1.54, 1.807) is 36.3 Å². The van der Waals surface area contributed by atoms with Crippen LogP contribution in [0.1, 0.15) is 30.9 Å². The van der Waals surface area contributed by atoms with E-state index in [0.717, 1.165) is 17.4 Å². The summed E-state index contributed by atoms with van der Waals surface area (Å²) in [5.41, 5.74) is 2.21. The number of anilines is 1. The fraction of sp³-hybridized carbons (Fsp3) is 0.333. The third-order valence-electron chi connectivity index (χ3n) is 6.38. The van der Waals surface area contributed by atoms with Gasteiger partial charge in [0.2, 0.25) is 21.8 Å². The van der Waals surface area contributed by atoms with E-state index in [4.69, 9.17) is 16.3 Å². The third kappa shape index (κ3) is 8.99. The van der Waals surface area contributed by atoms with Crippen LogP contribution < -0.4 is 14.4 Å². The lowest BCUT2D eigenvalue weighted by Crippen LogP contribution is -2.50. The molecule has 0 aliphatic rings. The van der Waals surface area contributed by atoms with Crippen LogP contribution in [0.3, 0.4) is 0 Å². The molecule has 2 amide bonds. The van der Waals surface area contributed by atoms with Gasteiger partial charge in [-0.15, -0.1) is 0 Å². The predicted octanol–water partition coefficient (Wildman–Crippen LogP) is 4.67. The first kappa shape index (κ1) is 31.0. The van der Waals surface area contributed by atoms with Gasteiger partial charge in [0.05, 0.1) is 19.1 Å². The van der Waals surface area contributed by atoms with Crippen LogP contribution in [0.2, 0.25) is 5.02 Å². The second kappa shape index (κ2) is 14.7. The SMILES string of the molecule is CCNC(=O)[C@@H](Cc1ccccc1)N(Cc1cccc(OC)c1)C(=O)CCCN(c1ccc(Cl)cc1)S(C)(=O)=O. The summed E-state index contributed by atoms with van der Waals surface area (Å²) in [6.07, 6.45) is 1.77. The maximum Gasteiger partial charge on any atom is 0.243 e. The summed E-state index contributed by atoms with van der Waals surface area (Å²) in [5, 5.41) is 3.37. The minimum absolute atomic E-state index is 0.0499. The Labute approximate surface area is 241 Å². The van der Waals surface area contributed by atoms with Crippen LogP contribution >= 0.6 is 11.6 Å². The molecule has 0 fully saturated rings. The van der Waals surface area contributed by atoms with Crippen molar-refractivity contribution in [3.8, 4) is 5.75 Å². The lowest BCUT2D eigenvalue weighted by atomic mass is 10.0. The lowest BCUT2D eigenvalue weighted by molar-refractivity contribution is -0.141. The Hall–Kier alpha value is -3.56. The molecule has 40 heavy (non-hydrogen) atoms. The smallest absolute Gasteiger partial charge is 0.243 e. The molecule has 0 radical (unpaired) electrons. The van der Waals surface area contributed by atoms with Gasteiger partial charge in [-0.1, -0.05) is 54.1 Å². The van der Waals surface area contributed by atoms with Crippen LogP contribution in [-0.4, -0.2) is 57.6 Å². The Balaban J connectivity index is 1.87. The molecule has 3 aromatic rings. The number of carbonyl (C=O) groups is 2. The Bertz CT molecular complexity index is 1370. The van der Waals surface area contributed by atoms with E-state index in [0.29, 0.717) is 29.4 Å². The molecule has 0 bridgehead atoms. The highest BCUT2D eigenvalue weighted by Crippen LogP contribution is 2.23. The number of nitrogens with one attached hydrogen (secondary N) is 1.